The molecule has 0 fully saturated rings. The first-order valence-corrected chi connectivity index (χ1v) is 8.09. The van der Waals surface area contributed by atoms with E-state index in [9.17, 15) is 4.79 Å². The summed E-state index contributed by atoms with van der Waals surface area (Å²) in [5, 5.41) is 0. The van der Waals surface area contributed by atoms with Crippen LogP contribution in [0.4, 0.5) is 0 Å². The third-order valence-electron chi connectivity index (χ3n) is 3.06. The van der Waals surface area contributed by atoms with E-state index in [4.69, 9.17) is 2.74 Å². The van der Waals surface area contributed by atoms with E-state index in [2.05, 4.69) is 16.9 Å². The molecule has 120 valence electrons. The Morgan fingerprint density at radius 1 is 0.905 bits per heavy atom. The zero-order chi connectivity index (χ0) is 17.4. The molecule has 0 spiro atoms. The van der Waals surface area contributed by atoms with Crippen LogP contribution in [0.1, 0.15) is 73.8 Å². The van der Waals surface area contributed by atoms with Crippen LogP contribution in [0.5, 0.6) is 0 Å². The Balaban J connectivity index is 3.54. The van der Waals surface area contributed by atoms with Crippen molar-refractivity contribution >= 4 is 5.97 Å². The number of ether oxygens (including phenoxy) is 1. The molecule has 0 aliphatic rings. The highest BCUT2D eigenvalue weighted by molar-refractivity contribution is 5.68. The molecule has 0 bridgehead atoms. The van der Waals surface area contributed by atoms with Crippen LogP contribution in [0.3, 0.4) is 0 Å². The highest BCUT2D eigenvalue weighted by Crippen LogP contribution is 2.07. The number of esters is 1. The molecule has 0 rings (SSSR count). The minimum atomic E-state index is -1.33. The molecule has 0 N–H and O–H groups in total. The van der Waals surface area contributed by atoms with Gasteiger partial charge in [0.15, 0.2) is 0 Å². The van der Waals surface area contributed by atoms with Gasteiger partial charge in [0.2, 0.25) is 0 Å². The van der Waals surface area contributed by atoms with Gasteiger partial charge in [-0.2, -0.15) is 0 Å². The van der Waals surface area contributed by atoms with Gasteiger partial charge in [0, 0.05) is 9.16 Å². The number of carbonyl (C=O) groups excluding carboxylic acids is 1. The maximum Gasteiger partial charge on any atom is 0.305 e. The molecule has 0 aromatic heterocycles. The van der Waals surface area contributed by atoms with E-state index < -0.39 is 6.37 Å². The quantitative estimate of drug-likeness (QED) is 0.246. The van der Waals surface area contributed by atoms with Gasteiger partial charge in [-0.15, -0.1) is 0 Å². The average Bonchev–Trinajstić information content (AvgIpc) is 2.53. The number of unbranched alkanes of at least 4 members (excludes halogenated alkanes) is 5. The van der Waals surface area contributed by atoms with E-state index in [1.165, 1.54) is 7.11 Å². The van der Waals surface area contributed by atoms with Crippen LogP contribution >= 0.6 is 0 Å². The van der Waals surface area contributed by atoms with Gasteiger partial charge in [0.1, 0.15) is 0 Å². The Hall–Kier alpha value is -1.31. The molecule has 0 radical (unpaired) electrons. The SMILES string of the molecule is [2H]C([2H])(/C=C\CC)/C=C\CC/C=C\CCCCCCC(=O)OC. The third-order valence-corrected chi connectivity index (χ3v) is 3.06. The second-order valence-electron chi connectivity index (χ2n) is 4.96. The number of methoxy groups -OCH3 is 1. The number of carbonyl (C=O) groups is 1. The maximum atomic E-state index is 10.9. The van der Waals surface area contributed by atoms with Crippen LogP contribution in [0.25, 0.3) is 0 Å². The first kappa shape index (κ1) is 16.1. The summed E-state index contributed by atoms with van der Waals surface area (Å²) < 4.78 is 20.1. The van der Waals surface area contributed by atoms with Crippen molar-refractivity contribution in [1.29, 1.82) is 0 Å². The van der Waals surface area contributed by atoms with E-state index in [1.54, 1.807) is 12.2 Å². The monoisotopic (exact) mass is 294 g/mol. The zero-order valence-electron chi connectivity index (χ0n) is 15.6. The average molecular weight is 294 g/mol. The first-order chi connectivity index (χ1) is 11.0. The number of hydrogen-bond donors (Lipinski definition) is 0. The van der Waals surface area contributed by atoms with Crippen LogP contribution in [0.2, 0.25) is 0 Å². The lowest BCUT2D eigenvalue weighted by Crippen LogP contribution is -1.98. The summed E-state index contributed by atoms with van der Waals surface area (Å²) in [6, 6.07) is 0. The van der Waals surface area contributed by atoms with Crippen molar-refractivity contribution < 1.29 is 12.3 Å². The predicted molar refractivity (Wildman–Crippen MR) is 91.3 cm³/mol. The molecular formula is C19H32O2. The Bertz CT molecular complexity index is 385. The standard InChI is InChI=1S/C19H32O2/c1-3-4-5-6-7-8-9-10-11-12-13-14-15-16-17-18-19(20)21-2/h4-5,7-8,11-12H,3,6,9-10,13-18H2,1-2H3/b5-4-,8-7-,12-11-/i6D2. The minimum absolute atomic E-state index is 0.118. The fourth-order valence-electron chi connectivity index (χ4n) is 1.81. The predicted octanol–water partition coefficient (Wildman–Crippen LogP) is 5.75. The van der Waals surface area contributed by atoms with Gasteiger partial charge >= 0.3 is 5.97 Å². The largest absolute Gasteiger partial charge is 0.469 e. The van der Waals surface area contributed by atoms with Crippen LogP contribution in [0.15, 0.2) is 36.5 Å². The maximum absolute atomic E-state index is 10.9. The second-order valence-corrected chi connectivity index (χ2v) is 4.96. The van der Waals surface area contributed by atoms with Crippen LogP contribution in [-0.4, -0.2) is 13.1 Å². The zero-order valence-corrected chi connectivity index (χ0v) is 13.6. The fourth-order valence-corrected chi connectivity index (χ4v) is 1.81. The minimum Gasteiger partial charge on any atom is -0.469 e. The van der Waals surface area contributed by atoms with Crippen molar-refractivity contribution in [3.63, 3.8) is 0 Å². The van der Waals surface area contributed by atoms with Crippen molar-refractivity contribution in [2.24, 2.45) is 0 Å². The van der Waals surface area contributed by atoms with Crippen LogP contribution in [0, 0.1) is 0 Å². The van der Waals surface area contributed by atoms with Gasteiger partial charge in [0.25, 0.3) is 0 Å². The van der Waals surface area contributed by atoms with Crippen molar-refractivity contribution in [3.05, 3.63) is 36.5 Å². The first-order valence-electron chi connectivity index (χ1n) is 9.09. The topological polar surface area (TPSA) is 26.3 Å². The lowest BCUT2D eigenvalue weighted by Gasteiger charge is -1.99. The number of allylic oxidation sites excluding steroid dienone is 6. The van der Waals surface area contributed by atoms with Crippen LogP contribution < -0.4 is 0 Å². The highest BCUT2D eigenvalue weighted by Gasteiger charge is 1.98. The number of rotatable bonds is 13. The molecule has 0 aliphatic heterocycles. The summed E-state index contributed by atoms with van der Waals surface area (Å²) >= 11 is 0. The third kappa shape index (κ3) is 16.6. The molecule has 0 unspecified atom stereocenters. The molecule has 0 aromatic rings. The molecule has 21 heavy (non-hydrogen) atoms. The summed E-state index contributed by atoms with van der Waals surface area (Å²) in [6.07, 6.45) is 18.6. The summed E-state index contributed by atoms with van der Waals surface area (Å²) in [7, 11) is 1.43. The molecule has 0 atom stereocenters. The van der Waals surface area contributed by atoms with E-state index in [0.29, 0.717) is 6.42 Å². The summed E-state index contributed by atoms with van der Waals surface area (Å²) in [5.74, 6) is -0.118. The lowest BCUT2D eigenvalue weighted by atomic mass is 10.1. The Kier molecular flexibility index (Phi) is 12.8. The van der Waals surface area contributed by atoms with Gasteiger partial charge < -0.3 is 4.74 Å². The van der Waals surface area contributed by atoms with Gasteiger partial charge in [-0.05, 0) is 44.9 Å². The second kappa shape index (κ2) is 16.7. The number of hydrogen-bond acceptors (Lipinski definition) is 2. The van der Waals surface area contributed by atoms with Crippen molar-refractivity contribution in [3.8, 4) is 0 Å². The van der Waals surface area contributed by atoms with E-state index in [0.717, 1.165) is 51.4 Å². The Morgan fingerprint density at radius 3 is 2.24 bits per heavy atom. The molecule has 0 saturated heterocycles. The van der Waals surface area contributed by atoms with Gasteiger partial charge in [-0.25, -0.2) is 0 Å². The summed E-state index contributed by atoms with van der Waals surface area (Å²) in [4.78, 5) is 10.9. The molecule has 0 saturated carbocycles. The molecule has 0 aliphatic carbocycles. The molecule has 2 heteroatoms. The van der Waals surface area contributed by atoms with Crippen molar-refractivity contribution in [2.45, 2.75) is 71.1 Å². The summed E-state index contributed by atoms with van der Waals surface area (Å²) in [6.45, 7) is 2.00. The Morgan fingerprint density at radius 2 is 1.52 bits per heavy atom. The normalized spacial score (nSPS) is 14.0. The summed E-state index contributed by atoms with van der Waals surface area (Å²) in [5.41, 5.74) is 0. The van der Waals surface area contributed by atoms with E-state index in [1.807, 2.05) is 19.1 Å². The molecular weight excluding hydrogens is 260 g/mol. The smallest absolute Gasteiger partial charge is 0.305 e. The molecule has 0 aromatic carbocycles. The lowest BCUT2D eigenvalue weighted by molar-refractivity contribution is -0.140. The van der Waals surface area contributed by atoms with E-state index in [-0.39, 0.29) is 5.97 Å². The Labute approximate surface area is 133 Å². The molecule has 0 heterocycles. The fraction of sp³-hybridized carbons (Fsp3) is 0.632. The molecule has 2 nitrogen and oxygen atoms in total. The van der Waals surface area contributed by atoms with Gasteiger partial charge in [-0.3, -0.25) is 4.79 Å². The molecule has 0 amide bonds. The van der Waals surface area contributed by atoms with Crippen molar-refractivity contribution in [2.75, 3.05) is 7.11 Å². The van der Waals surface area contributed by atoms with Gasteiger partial charge in [0.05, 0.1) is 7.11 Å². The highest BCUT2D eigenvalue weighted by atomic mass is 16.5. The van der Waals surface area contributed by atoms with E-state index >= 15 is 0 Å². The van der Waals surface area contributed by atoms with Crippen LogP contribution in [-0.2, 0) is 9.53 Å². The van der Waals surface area contributed by atoms with Gasteiger partial charge in [-0.1, -0.05) is 56.2 Å². The van der Waals surface area contributed by atoms with Crippen molar-refractivity contribution in [1.82, 2.24) is 0 Å².